The Morgan fingerprint density at radius 3 is 2.34 bits per heavy atom. The van der Waals surface area contributed by atoms with E-state index in [0.29, 0.717) is 12.0 Å². The van der Waals surface area contributed by atoms with Crippen molar-refractivity contribution in [3.05, 3.63) is 126 Å². The van der Waals surface area contributed by atoms with Gasteiger partial charge in [0.25, 0.3) is 0 Å². The zero-order valence-electron chi connectivity index (χ0n) is 22.4. The monoisotopic (exact) mass is 567 g/mol. The Labute approximate surface area is 233 Å². The number of alkyl halides is 3. The summed E-state index contributed by atoms with van der Waals surface area (Å²) in [7, 11) is 0. The van der Waals surface area contributed by atoms with E-state index in [1.165, 1.54) is 52.0 Å². The van der Waals surface area contributed by atoms with Crippen LogP contribution in [0.3, 0.4) is 0 Å². The fraction of sp³-hybridized carbons (Fsp3) is 0.276. The van der Waals surface area contributed by atoms with Gasteiger partial charge in [0.1, 0.15) is 5.69 Å². The van der Waals surface area contributed by atoms with Gasteiger partial charge in [0.15, 0.2) is 0 Å². The van der Waals surface area contributed by atoms with Gasteiger partial charge in [-0.05, 0) is 41.7 Å². The van der Waals surface area contributed by atoms with E-state index in [2.05, 4.69) is 5.10 Å². The van der Waals surface area contributed by atoms with Crippen molar-refractivity contribution in [3.63, 3.8) is 0 Å². The first-order chi connectivity index (χ1) is 19.5. The molecule has 2 aromatic carbocycles. The summed E-state index contributed by atoms with van der Waals surface area (Å²) >= 11 is 0. The largest absolute Gasteiger partial charge is 0.416 e. The van der Waals surface area contributed by atoms with E-state index in [0.717, 1.165) is 16.2 Å². The van der Waals surface area contributed by atoms with Gasteiger partial charge in [-0.2, -0.15) is 18.3 Å². The van der Waals surface area contributed by atoms with Gasteiger partial charge >= 0.3 is 23.1 Å². The third kappa shape index (κ3) is 6.89. The molecular weight excluding hydrogens is 539 g/mol. The number of nitrogens with zero attached hydrogens (tertiary/aromatic N) is 5. The molecule has 41 heavy (non-hydrogen) atoms. The van der Waals surface area contributed by atoms with Gasteiger partial charge in [0.2, 0.25) is 0 Å². The second kappa shape index (κ2) is 12.2. The van der Waals surface area contributed by atoms with Gasteiger partial charge in [0, 0.05) is 24.8 Å². The molecule has 4 aromatic rings. The average molecular weight is 568 g/mol. The summed E-state index contributed by atoms with van der Waals surface area (Å²) < 4.78 is 43.5. The highest BCUT2D eigenvalue weighted by molar-refractivity contribution is 5.71. The first-order valence-corrected chi connectivity index (χ1v) is 12.9. The minimum atomic E-state index is -4.52. The minimum absolute atomic E-state index is 0.0270. The van der Waals surface area contributed by atoms with Crippen molar-refractivity contribution in [2.75, 3.05) is 0 Å². The Kier molecular flexibility index (Phi) is 8.70. The lowest BCUT2D eigenvalue weighted by Crippen LogP contribution is -2.43. The molecule has 0 unspecified atom stereocenters. The molecule has 0 bridgehead atoms. The minimum Gasteiger partial charge on any atom is -0.287 e. The van der Waals surface area contributed by atoms with Gasteiger partial charge in [-0.1, -0.05) is 62.4 Å². The second-order valence-corrected chi connectivity index (χ2v) is 9.93. The fourth-order valence-electron chi connectivity index (χ4n) is 4.50. The van der Waals surface area contributed by atoms with Crippen LogP contribution in [0, 0.1) is 16.0 Å². The number of hydrogen-bond donors (Lipinski definition) is 0. The maximum absolute atomic E-state index is 13.4. The summed E-state index contributed by atoms with van der Waals surface area (Å²) in [5, 5.41) is 16.2. The highest BCUT2D eigenvalue weighted by Gasteiger charge is 2.33. The smallest absolute Gasteiger partial charge is 0.287 e. The summed E-state index contributed by atoms with van der Waals surface area (Å²) in [5.74, 6) is -0.0732. The first-order valence-electron chi connectivity index (χ1n) is 12.9. The van der Waals surface area contributed by atoms with Crippen molar-refractivity contribution in [1.29, 1.82) is 0 Å². The standard InChI is InChI=1S/C29H28F3N5O4/c1-20(2)17-36-25(26(37(40)41)27(38)35(28(36)39)15-14-21-8-4-3-5-9-21)13-12-22-16-33-34(18-22)19-23-10-6-7-11-24(23)29(30,31)32/h3-13,16,18,20H,14-15,17,19H2,1-2H3/b13-12+. The molecule has 0 saturated carbocycles. The lowest BCUT2D eigenvalue weighted by molar-refractivity contribution is -0.387. The van der Waals surface area contributed by atoms with Crippen LogP contribution in [-0.4, -0.2) is 23.8 Å². The molecule has 0 atom stereocenters. The molecule has 0 aliphatic heterocycles. The van der Waals surface area contributed by atoms with E-state index in [1.807, 2.05) is 44.2 Å². The predicted molar refractivity (Wildman–Crippen MR) is 148 cm³/mol. The van der Waals surface area contributed by atoms with Gasteiger partial charge in [-0.25, -0.2) is 4.79 Å². The molecule has 9 nitrogen and oxygen atoms in total. The Hall–Kier alpha value is -4.74. The van der Waals surface area contributed by atoms with Crippen LogP contribution in [0.2, 0.25) is 0 Å². The molecule has 0 spiro atoms. The molecule has 0 radical (unpaired) electrons. The van der Waals surface area contributed by atoms with Crippen LogP contribution < -0.4 is 11.2 Å². The van der Waals surface area contributed by atoms with Crippen molar-refractivity contribution in [2.45, 2.75) is 46.1 Å². The lowest BCUT2D eigenvalue weighted by Gasteiger charge is -2.15. The first kappa shape index (κ1) is 29.2. The molecule has 2 heterocycles. The summed E-state index contributed by atoms with van der Waals surface area (Å²) in [4.78, 5) is 37.9. The molecular formula is C29H28F3N5O4. The quantitative estimate of drug-likeness (QED) is 0.192. The zero-order valence-corrected chi connectivity index (χ0v) is 22.4. The highest BCUT2D eigenvalue weighted by atomic mass is 19.4. The second-order valence-electron chi connectivity index (χ2n) is 9.93. The molecule has 12 heteroatoms. The third-order valence-electron chi connectivity index (χ3n) is 6.38. The molecule has 0 N–H and O–H groups in total. The van der Waals surface area contributed by atoms with Gasteiger partial charge in [-0.15, -0.1) is 0 Å². The van der Waals surface area contributed by atoms with E-state index in [1.54, 1.807) is 0 Å². The van der Waals surface area contributed by atoms with Crippen LogP contribution in [0.1, 0.15) is 41.8 Å². The molecule has 214 valence electrons. The number of rotatable bonds is 10. The van der Waals surface area contributed by atoms with Crippen LogP contribution in [0.15, 0.2) is 76.6 Å². The molecule has 0 aliphatic rings. The number of aryl methyl sites for hydroxylation is 1. The SMILES string of the molecule is CC(C)Cn1c(/C=C/c2cnn(Cc3ccccc3C(F)(F)F)c2)c([N+](=O)[O-])c(=O)n(CCc2ccccc2)c1=O. The van der Waals surface area contributed by atoms with Crippen molar-refractivity contribution in [2.24, 2.45) is 5.92 Å². The number of benzene rings is 2. The molecule has 2 aromatic heterocycles. The Balaban J connectivity index is 1.70. The fourth-order valence-corrected chi connectivity index (χ4v) is 4.50. The van der Waals surface area contributed by atoms with Gasteiger partial charge in [-0.3, -0.25) is 28.7 Å². The summed E-state index contributed by atoms with van der Waals surface area (Å²) in [6, 6.07) is 14.3. The molecule has 0 amide bonds. The summed E-state index contributed by atoms with van der Waals surface area (Å²) in [6.07, 6.45) is 1.40. The maximum Gasteiger partial charge on any atom is 0.416 e. The van der Waals surface area contributed by atoms with Gasteiger partial charge < -0.3 is 0 Å². The van der Waals surface area contributed by atoms with E-state index >= 15 is 0 Å². The maximum atomic E-state index is 13.4. The molecule has 0 fully saturated rings. The van der Waals surface area contributed by atoms with E-state index < -0.39 is 33.6 Å². The van der Waals surface area contributed by atoms with Crippen LogP contribution in [0.25, 0.3) is 12.2 Å². The zero-order chi connectivity index (χ0) is 29.7. The van der Waals surface area contributed by atoms with Crippen molar-refractivity contribution in [3.8, 4) is 0 Å². The molecule has 0 aliphatic carbocycles. The van der Waals surface area contributed by atoms with Crippen LogP contribution in [-0.2, 0) is 32.2 Å². The third-order valence-corrected chi connectivity index (χ3v) is 6.38. The van der Waals surface area contributed by atoms with Crippen LogP contribution in [0.5, 0.6) is 0 Å². The predicted octanol–water partition coefficient (Wildman–Crippen LogP) is 5.25. The average Bonchev–Trinajstić information content (AvgIpc) is 3.36. The van der Waals surface area contributed by atoms with E-state index in [4.69, 9.17) is 0 Å². The molecule has 0 saturated heterocycles. The van der Waals surface area contributed by atoms with E-state index in [9.17, 15) is 32.9 Å². The van der Waals surface area contributed by atoms with Crippen molar-refractivity contribution >= 4 is 17.8 Å². The van der Waals surface area contributed by atoms with Gasteiger partial charge in [0.05, 0.1) is 23.2 Å². The van der Waals surface area contributed by atoms with Crippen LogP contribution in [0.4, 0.5) is 18.9 Å². The number of hydrogen-bond acceptors (Lipinski definition) is 5. The normalized spacial score (nSPS) is 12.0. The number of aromatic nitrogens is 4. The molecule has 4 rings (SSSR count). The topological polar surface area (TPSA) is 105 Å². The Morgan fingerprint density at radius 1 is 1.00 bits per heavy atom. The van der Waals surface area contributed by atoms with Crippen molar-refractivity contribution < 1.29 is 18.1 Å². The van der Waals surface area contributed by atoms with Crippen molar-refractivity contribution in [1.82, 2.24) is 18.9 Å². The Bertz CT molecular complexity index is 1690. The summed E-state index contributed by atoms with van der Waals surface area (Å²) in [6.45, 7) is 3.62. The lowest BCUT2D eigenvalue weighted by atomic mass is 10.1. The van der Waals surface area contributed by atoms with Crippen LogP contribution >= 0.6 is 0 Å². The van der Waals surface area contributed by atoms with E-state index in [-0.39, 0.29) is 36.8 Å². The Morgan fingerprint density at radius 2 is 1.68 bits per heavy atom. The number of halogens is 3. The summed E-state index contributed by atoms with van der Waals surface area (Å²) in [5.41, 5.74) is -2.02. The number of nitro groups is 1. The highest BCUT2D eigenvalue weighted by Crippen LogP contribution is 2.32.